The van der Waals surface area contributed by atoms with Crippen LogP contribution in [0.5, 0.6) is 0 Å². The van der Waals surface area contributed by atoms with Crippen molar-refractivity contribution in [3.63, 3.8) is 0 Å². The summed E-state index contributed by atoms with van der Waals surface area (Å²) in [4.78, 5) is 2.44. The van der Waals surface area contributed by atoms with E-state index in [0.29, 0.717) is 0 Å². The lowest BCUT2D eigenvalue weighted by Gasteiger charge is -2.28. The smallest absolute Gasteiger partial charge is 0.0620 e. The Morgan fingerprint density at radius 2 is 0.794 bits per heavy atom. The molecule has 0 saturated heterocycles. The monoisotopic (exact) mass is 815 g/mol. The number of para-hydroxylation sites is 2. The van der Waals surface area contributed by atoms with Gasteiger partial charge in [0.15, 0.2) is 0 Å². The number of hydrogen-bond donors (Lipinski definition) is 0. The van der Waals surface area contributed by atoms with E-state index in [2.05, 4.69) is 234 Å². The molecule has 4 aromatic heterocycles. The van der Waals surface area contributed by atoms with Gasteiger partial charge in [-0.3, -0.25) is 0 Å². The SMILES string of the molecule is CC(C)(C)c1ccc2c(c1)c1cc(C(C)(C)C)cc3c4cc5c(cc4n2c13)c1cc(C(C)(C)C)cc2c3ccc(N(c4ccccc4)c4ccccc4-c4ccccc4)cc3n5c21. The molecule has 12 aromatic rings. The number of hydrogen-bond acceptors (Lipinski definition) is 1. The van der Waals surface area contributed by atoms with Crippen LogP contribution in [0.15, 0.2) is 158 Å². The predicted molar refractivity (Wildman–Crippen MR) is 272 cm³/mol. The average molecular weight is 816 g/mol. The maximum absolute atomic E-state index is 2.59. The molecule has 0 saturated carbocycles. The molecular formula is C60H53N3. The van der Waals surface area contributed by atoms with Crippen LogP contribution in [-0.2, 0) is 16.2 Å². The highest BCUT2D eigenvalue weighted by Gasteiger charge is 2.28. The molecule has 8 aromatic carbocycles. The van der Waals surface area contributed by atoms with Gasteiger partial charge in [-0.2, -0.15) is 0 Å². The van der Waals surface area contributed by atoms with E-state index in [1.807, 2.05) is 0 Å². The highest BCUT2D eigenvalue weighted by atomic mass is 15.1. The minimum Gasteiger partial charge on any atom is -0.310 e. The highest BCUT2D eigenvalue weighted by Crippen LogP contribution is 2.49. The zero-order valence-corrected chi connectivity index (χ0v) is 37.9. The molecule has 0 bridgehead atoms. The van der Waals surface area contributed by atoms with E-state index in [1.165, 1.54) is 104 Å². The van der Waals surface area contributed by atoms with Gasteiger partial charge in [0.25, 0.3) is 0 Å². The van der Waals surface area contributed by atoms with E-state index in [-0.39, 0.29) is 16.2 Å². The Morgan fingerprint density at radius 3 is 1.37 bits per heavy atom. The van der Waals surface area contributed by atoms with Crippen molar-refractivity contribution in [2.45, 2.75) is 78.6 Å². The van der Waals surface area contributed by atoms with Gasteiger partial charge in [-0.15, -0.1) is 0 Å². The molecule has 3 nitrogen and oxygen atoms in total. The second-order valence-corrected chi connectivity index (χ2v) is 21.1. The first-order valence-corrected chi connectivity index (χ1v) is 22.6. The van der Waals surface area contributed by atoms with Gasteiger partial charge >= 0.3 is 0 Å². The largest absolute Gasteiger partial charge is 0.310 e. The van der Waals surface area contributed by atoms with E-state index in [0.717, 1.165) is 17.1 Å². The van der Waals surface area contributed by atoms with Crippen molar-refractivity contribution in [1.82, 2.24) is 8.80 Å². The maximum atomic E-state index is 2.59. The Bertz CT molecular complexity index is 3770. The molecule has 0 spiro atoms. The summed E-state index contributed by atoms with van der Waals surface area (Å²) in [7, 11) is 0. The molecule has 0 aliphatic heterocycles. The van der Waals surface area contributed by atoms with Crippen molar-refractivity contribution in [3.8, 4) is 11.1 Å². The van der Waals surface area contributed by atoms with Gasteiger partial charge in [-0.1, -0.05) is 141 Å². The van der Waals surface area contributed by atoms with Gasteiger partial charge in [0, 0.05) is 60.0 Å². The van der Waals surface area contributed by atoms with Gasteiger partial charge in [-0.05, 0) is 117 Å². The molecule has 0 aliphatic rings. The molecule has 12 rings (SSSR count). The number of fused-ring (bicyclic) bond motifs is 12. The van der Waals surface area contributed by atoms with Gasteiger partial charge in [0.1, 0.15) is 0 Å². The topological polar surface area (TPSA) is 12.1 Å². The lowest BCUT2D eigenvalue weighted by molar-refractivity contribution is 0.590. The molecule has 3 heteroatoms. The highest BCUT2D eigenvalue weighted by molar-refractivity contribution is 6.29. The van der Waals surface area contributed by atoms with Crippen LogP contribution in [0.25, 0.3) is 87.3 Å². The summed E-state index contributed by atoms with van der Waals surface area (Å²) in [5.41, 5.74) is 17.5. The van der Waals surface area contributed by atoms with Gasteiger partial charge in [0.2, 0.25) is 0 Å². The van der Waals surface area contributed by atoms with Crippen LogP contribution in [0.1, 0.15) is 79.0 Å². The zero-order valence-electron chi connectivity index (χ0n) is 37.9. The molecular weight excluding hydrogens is 763 g/mol. The molecule has 0 radical (unpaired) electrons. The first-order chi connectivity index (χ1) is 30.1. The fraction of sp³-hybridized carbons (Fsp3) is 0.200. The van der Waals surface area contributed by atoms with Crippen molar-refractivity contribution in [2.75, 3.05) is 4.90 Å². The molecule has 0 aliphatic carbocycles. The molecule has 0 N–H and O–H groups in total. The molecule has 63 heavy (non-hydrogen) atoms. The molecule has 0 fully saturated rings. The lowest BCUT2D eigenvalue weighted by Crippen LogP contribution is -2.11. The van der Waals surface area contributed by atoms with Gasteiger partial charge < -0.3 is 13.7 Å². The van der Waals surface area contributed by atoms with Gasteiger partial charge in [-0.25, -0.2) is 0 Å². The van der Waals surface area contributed by atoms with Crippen LogP contribution in [0, 0.1) is 0 Å². The quantitative estimate of drug-likeness (QED) is 0.172. The van der Waals surface area contributed by atoms with Crippen molar-refractivity contribution in [2.24, 2.45) is 0 Å². The third-order valence-corrected chi connectivity index (χ3v) is 14.0. The Balaban J connectivity index is 1.21. The summed E-state index contributed by atoms with van der Waals surface area (Å²) in [5.74, 6) is 0. The van der Waals surface area contributed by atoms with E-state index in [4.69, 9.17) is 0 Å². The standard InChI is InChI=1S/C60H53N3/c1-58(2,3)37-24-27-52-44(28-37)48-30-39(60(7,8)9)32-50-45-35-55-46(34-54(45)62(52)57(48)50)49-31-38(59(4,5)6)29-47-43-26-25-41(33-53(43)63(55)56(47)49)61(40-20-14-11-15-21-40)51-23-17-16-22-42(51)36-18-12-10-13-19-36/h10-35H,1-9H3. The fourth-order valence-electron chi connectivity index (χ4n) is 10.6. The van der Waals surface area contributed by atoms with Crippen LogP contribution in [-0.4, -0.2) is 8.80 Å². The molecule has 0 atom stereocenters. The third-order valence-electron chi connectivity index (χ3n) is 14.0. The average Bonchev–Trinajstić information content (AvgIpc) is 3.98. The van der Waals surface area contributed by atoms with Crippen LogP contribution >= 0.6 is 0 Å². The number of nitrogens with zero attached hydrogens (tertiary/aromatic N) is 3. The second kappa shape index (κ2) is 12.9. The Hall–Kier alpha value is -6.84. The van der Waals surface area contributed by atoms with Crippen molar-refractivity contribution in [1.29, 1.82) is 0 Å². The number of anilines is 3. The van der Waals surface area contributed by atoms with E-state index >= 15 is 0 Å². The summed E-state index contributed by atoms with van der Waals surface area (Å²) in [5, 5.41) is 10.5. The second-order valence-electron chi connectivity index (χ2n) is 21.1. The third kappa shape index (κ3) is 5.51. The van der Waals surface area contributed by atoms with Crippen LogP contribution in [0.4, 0.5) is 17.1 Å². The van der Waals surface area contributed by atoms with E-state index < -0.39 is 0 Å². The molecule has 308 valence electrons. The summed E-state index contributed by atoms with van der Waals surface area (Å²) >= 11 is 0. The Kier molecular flexibility index (Phi) is 7.73. The number of rotatable bonds is 4. The summed E-state index contributed by atoms with van der Waals surface area (Å²) in [6.45, 7) is 21.0. The van der Waals surface area contributed by atoms with E-state index in [1.54, 1.807) is 0 Å². The first-order valence-electron chi connectivity index (χ1n) is 22.6. The summed E-state index contributed by atoms with van der Waals surface area (Å²) in [6, 6.07) is 59.7. The summed E-state index contributed by atoms with van der Waals surface area (Å²) < 4.78 is 5.16. The van der Waals surface area contributed by atoms with Gasteiger partial charge in [0.05, 0.1) is 38.8 Å². The normalized spacial score (nSPS) is 13.2. The number of benzene rings is 8. The van der Waals surface area contributed by atoms with Crippen LogP contribution in [0.3, 0.4) is 0 Å². The van der Waals surface area contributed by atoms with Crippen LogP contribution in [0.2, 0.25) is 0 Å². The maximum Gasteiger partial charge on any atom is 0.0620 e. The van der Waals surface area contributed by atoms with Crippen molar-refractivity contribution in [3.05, 3.63) is 174 Å². The predicted octanol–water partition coefficient (Wildman–Crippen LogP) is 17.0. The number of aromatic nitrogens is 2. The first kappa shape index (κ1) is 37.9. The molecule has 0 amide bonds. The molecule has 0 unspecified atom stereocenters. The Morgan fingerprint density at radius 1 is 0.333 bits per heavy atom. The van der Waals surface area contributed by atoms with Crippen molar-refractivity contribution < 1.29 is 0 Å². The van der Waals surface area contributed by atoms with Crippen molar-refractivity contribution >= 4 is 93.3 Å². The lowest BCUT2D eigenvalue weighted by atomic mass is 9.84. The van der Waals surface area contributed by atoms with Crippen LogP contribution < -0.4 is 4.90 Å². The van der Waals surface area contributed by atoms with E-state index in [9.17, 15) is 0 Å². The summed E-state index contributed by atoms with van der Waals surface area (Å²) in [6.07, 6.45) is 0. The minimum absolute atomic E-state index is 0.0111. The minimum atomic E-state index is -0.0308. The molecule has 4 heterocycles. The zero-order chi connectivity index (χ0) is 43.3. The Labute approximate surface area is 369 Å². The fourth-order valence-corrected chi connectivity index (χ4v) is 10.6.